The van der Waals surface area contributed by atoms with Crippen LogP contribution < -0.4 is 5.32 Å². The zero-order chi connectivity index (χ0) is 18.6. The van der Waals surface area contributed by atoms with Gasteiger partial charge in [-0.1, -0.05) is 85.0 Å². The van der Waals surface area contributed by atoms with Gasteiger partial charge in [-0.25, -0.2) is 4.98 Å². The van der Waals surface area contributed by atoms with Crippen LogP contribution in [0, 0.1) is 0 Å². The molecule has 0 fully saturated rings. The molecule has 0 saturated carbocycles. The van der Waals surface area contributed by atoms with Crippen LogP contribution in [0.3, 0.4) is 0 Å². The van der Waals surface area contributed by atoms with Crippen LogP contribution in [0.15, 0.2) is 78.9 Å². The second-order valence-electron chi connectivity index (χ2n) is 6.42. The van der Waals surface area contributed by atoms with Gasteiger partial charge in [-0.2, -0.15) is 0 Å². The molecule has 4 aromatic rings. The number of nitrogens with one attached hydrogen (secondary N) is 1. The van der Waals surface area contributed by atoms with Crippen molar-refractivity contribution in [2.24, 2.45) is 0 Å². The number of amides is 1. The van der Waals surface area contributed by atoms with E-state index in [1.807, 2.05) is 66.7 Å². The summed E-state index contributed by atoms with van der Waals surface area (Å²) >= 11 is 1.52. The van der Waals surface area contributed by atoms with Crippen molar-refractivity contribution in [3.8, 4) is 0 Å². The number of aryl methyl sites for hydroxylation is 1. The van der Waals surface area contributed by atoms with Gasteiger partial charge >= 0.3 is 0 Å². The standard InChI is InChI=1S/C23H20N2OS/c1-2-16-13-14-19-20(15-16)27-23(24-19)25-22(26)21(17-9-5-3-6-10-17)18-11-7-4-8-12-18/h3-15,21H,2H2,1H3,(H,24,25,26). The number of benzene rings is 3. The van der Waals surface area contributed by atoms with E-state index in [2.05, 4.69) is 29.4 Å². The second-order valence-corrected chi connectivity index (χ2v) is 7.45. The molecule has 0 aliphatic rings. The lowest BCUT2D eigenvalue weighted by molar-refractivity contribution is -0.116. The van der Waals surface area contributed by atoms with E-state index in [4.69, 9.17) is 0 Å². The number of thiazole rings is 1. The predicted molar refractivity (Wildman–Crippen MR) is 112 cm³/mol. The number of fused-ring (bicyclic) bond motifs is 1. The molecule has 27 heavy (non-hydrogen) atoms. The molecule has 0 aliphatic carbocycles. The van der Waals surface area contributed by atoms with Crippen LogP contribution in [0.25, 0.3) is 10.2 Å². The van der Waals surface area contributed by atoms with Gasteiger partial charge in [-0.3, -0.25) is 4.79 Å². The maximum atomic E-state index is 13.2. The van der Waals surface area contributed by atoms with Crippen molar-refractivity contribution in [2.75, 3.05) is 5.32 Å². The number of nitrogens with zero attached hydrogens (tertiary/aromatic N) is 1. The number of hydrogen-bond acceptors (Lipinski definition) is 3. The Hall–Kier alpha value is -2.98. The second kappa shape index (κ2) is 7.72. The molecule has 1 N–H and O–H groups in total. The summed E-state index contributed by atoms with van der Waals surface area (Å²) in [6.45, 7) is 2.13. The minimum atomic E-state index is -0.370. The van der Waals surface area contributed by atoms with Crippen LogP contribution in [0.4, 0.5) is 5.13 Å². The van der Waals surface area contributed by atoms with Crippen molar-refractivity contribution in [3.63, 3.8) is 0 Å². The third kappa shape index (κ3) is 3.76. The van der Waals surface area contributed by atoms with E-state index in [1.54, 1.807) is 0 Å². The van der Waals surface area contributed by atoms with Crippen LogP contribution in [0.2, 0.25) is 0 Å². The molecule has 0 radical (unpaired) electrons. The number of hydrogen-bond donors (Lipinski definition) is 1. The molecule has 1 aromatic heterocycles. The van der Waals surface area contributed by atoms with Crippen LogP contribution in [0.5, 0.6) is 0 Å². The van der Waals surface area contributed by atoms with Crippen LogP contribution in [0.1, 0.15) is 29.5 Å². The van der Waals surface area contributed by atoms with Crippen molar-refractivity contribution in [2.45, 2.75) is 19.3 Å². The Morgan fingerprint density at radius 3 is 2.19 bits per heavy atom. The molecular weight excluding hydrogens is 352 g/mol. The zero-order valence-corrected chi connectivity index (χ0v) is 15.9. The minimum absolute atomic E-state index is 0.0674. The molecule has 1 amide bonds. The average Bonchev–Trinajstić information content (AvgIpc) is 3.11. The Bertz CT molecular complexity index is 1020. The van der Waals surface area contributed by atoms with Crippen molar-refractivity contribution in [1.82, 2.24) is 4.98 Å². The third-order valence-corrected chi connectivity index (χ3v) is 5.55. The largest absolute Gasteiger partial charge is 0.301 e. The van der Waals surface area contributed by atoms with Crippen molar-refractivity contribution >= 4 is 32.6 Å². The molecular formula is C23H20N2OS. The van der Waals surface area contributed by atoms with E-state index in [-0.39, 0.29) is 11.8 Å². The lowest BCUT2D eigenvalue weighted by atomic mass is 9.90. The molecule has 1 heterocycles. The van der Waals surface area contributed by atoms with E-state index in [0.29, 0.717) is 5.13 Å². The summed E-state index contributed by atoms with van der Waals surface area (Å²) < 4.78 is 1.10. The van der Waals surface area contributed by atoms with E-state index < -0.39 is 0 Å². The normalized spacial score (nSPS) is 11.0. The SMILES string of the molecule is CCc1ccc2nc(NC(=O)C(c3ccccc3)c3ccccc3)sc2c1. The Morgan fingerprint density at radius 2 is 1.59 bits per heavy atom. The molecule has 0 bridgehead atoms. The molecule has 0 atom stereocenters. The maximum absolute atomic E-state index is 13.2. The molecule has 4 rings (SSSR count). The van der Waals surface area contributed by atoms with Gasteiger partial charge in [0.15, 0.2) is 5.13 Å². The summed E-state index contributed by atoms with van der Waals surface area (Å²) in [6, 6.07) is 26.0. The van der Waals surface area contributed by atoms with Gasteiger partial charge in [0.1, 0.15) is 0 Å². The van der Waals surface area contributed by atoms with Gasteiger partial charge in [-0.15, -0.1) is 0 Å². The quantitative estimate of drug-likeness (QED) is 0.493. The first kappa shape index (κ1) is 17.4. The van der Waals surface area contributed by atoms with Gasteiger partial charge in [-0.05, 0) is 35.2 Å². The van der Waals surface area contributed by atoms with Gasteiger partial charge in [0.25, 0.3) is 0 Å². The Kier molecular flexibility index (Phi) is 4.99. The van der Waals surface area contributed by atoms with Crippen molar-refractivity contribution in [3.05, 3.63) is 95.6 Å². The molecule has 3 nitrogen and oxygen atoms in total. The summed E-state index contributed by atoms with van der Waals surface area (Å²) in [4.78, 5) is 17.8. The monoisotopic (exact) mass is 372 g/mol. The fourth-order valence-electron chi connectivity index (χ4n) is 3.21. The highest BCUT2D eigenvalue weighted by Gasteiger charge is 2.23. The highest BCUT2D eigenvalue weighted by molar-refractivity contribution is 7.22. The highest BCUT2D eigenvalue weighted by Crippen LogP contribution is 2.30. The lowest BCUT2D eigenvalue weighted by Gasteiger charge is -2.16. The third-order valence-electron chi connectivity index (χ3n) is 4.62. The van der Waals surface area contributed by atoms with Crippen LogP contribution >= 0.6 is 11.3 Å². The first-order valence-corrected chi connectivity index (χ1v) is 9.86. The van der Waals surface area contributed by atoms with Gasteiger partial charge in [0.05, 0.1) is 16.1 Å². The van der Waals surface area contributed by atoms with Crippen molar-refractivity contribution < 1.29 is 4.79 Å². The number of anilines is 1. The van der Waals surface area contributed by atoms with Crippen LogP contribution in [-0.2, 0) is 11.2 Å². The first-order valence-electron chi connectivity index (χ1n) is 9.05. The Labute approximate surface area is 162 Å². The molecule has 0 aliphatic heterocycles. The molecule has 3 aromatic carbocycles. The summed E-state index contributed by atoms with van der Waals surface area (Å²) in [5.74, 6) is -0.437. The van der Waals surface area contributed by atoms with Crippen molar-refractivity contribution in [1.29, 1.82) is 0 Å². The van der Waals surface area contributed by atoms with E-state index >= 15 is 0 Å². The zero-order valence-electron chi connectivity index (χ0n) is 15.1. The Balaban J connectivity index is 1.66. The number of rotatable bonds is 5. The summed E-state index contributed by atoms with van der Waals surface area (Å²) in [5.41, 5.74) is 4.13. The Morgan fingerprint density at radius 1 is 0.963 bits per heavy atom. The number of carbonyl (C=O) groups excluding carboxylic acids is 1. The minimum Gasteiger partial charge on any atom is -0.301 e. The summed E-state index contributed by atoms with van der Waals surface area (Å²) in [7, 11) is 0. The van der Waals surface area contributed by atoms with E-state index in [1.165, 1.54) is 16.9 Å². The molecule has 4 heteroatoms. The molecule has 0 saturated heterocycles. The molecule has 0 spiro atoms. The van der Waals surface area contributed by atoms with Crippen LogP contribution in [-0.4, -0.2) is 10.9 Å². The highest BCUT2D eigenvalue weighted by atomic mass is 32.1. The fraction of sp³-hybridized carbons (Fsp3) is 0.130. The van der Waals surface area contributed by atoms with Gasteiger partial charge in [0.2, 0.25) is 5.91 Å². The smallest absolute Gasteiger partial charge is 0.238 e. The first-order chi connectivity index (χ1) is 13.2. The van der Waals surface area contributed by atoms with E-state index in [9.17, 15) is 4.79 Å². The van der Waals surface area contributed by atoms with Gasteiger partial charge < -0.3 is 5.32 Å². The summed E-state index contributed by atoms with van der Waals surface area (Å²) in [6.07, 6.45) is 0.986. The topological polar surface area (TPSA) is 42.0 Å². The maximum Gasteiger partial charge on any atom is 0.238 e. The lowest BCUT2D eigenvalue weighted by Crippen LogP contribution is -2.22. The van der Waals surface area contributed by atoms with E-state index in [0.717, 1.165) is 27.8 Å². The van der Waals surface area contributed by atoms with Gasteiger partial charge in [0, 0.05) is 0 Å². The molecule has 0 unspecified atom stereocenters. The number of aromatic nitrogens is 1. The average molecular weight is 372 g/mol. The fourth-order valence-corrected chi connectivity index (χ4v) is 4.14. The number of carbonyl (C=O) groups is 1. The summed E-state index contributed by atoms with van der Waals surface area (Å²) in [5, 5.41) is 3.67. The molecule has 134 valence electrons. The predicted octanol–water partition coefficient (Wildman–Crippen LogP) is 5.63.